The fourth-order valence-electron chi connectivity index (χ4n) is 5.34. The van der Waals surface area contributed by atoms with Gasteiger partial charge >= 0.3 is 0 Å². The molecule has 3 aromatic rings. The van der Waals surface area contributed by atoms with Crippen molar-refractivity contribution in [2.24, 2.45) is 5.92 Å². The van der Waals surface area contributed by atoms with Crippen LogP contribution in [0.2, 0.25) is 0 Å². The number of benzene rings is 1. The SMILES string of the molecule is CCC(C)(C)n1nnnc1[C@H](C(C)C)N(Cc1cc2cc(C)ccc2[nH]c1=O)C1CCCCC1. The monoisotopic (exact) mass is 464 g/mol. The molecule has 2 heterocycles. The summed E-state index contributed by atoms with van der Waals surface area (Å²) < 4.78 is 2.02. The molecule has 1 N–H and O–H groups in total. The summed E-state index contributed by atoms with van der Waals surface area (Å²) in [4.78, 5) is 18.8. The molecular weight excluding hydrogens is 424 g/mol. The maximum atomic E-state index is 13.2. The molecule has 1 atom stereocenters. The van der Waals surface area contributed by atoms with Crippen molar-refractivity contribution < 1.29 is 0 Å². The third-order valence-electron chi connectivity index (χ3n) is 7.66. The molecule has 0 spiro atoms. The van der Waals surface area contributed by atoms with Crippen molar-refractivity contribution in [1.82, 2.24) is 30.1 Å². The molecule has 34 heavy (non-hydrogen) atoms. The van der Waals surface area contributed by atoms with E-state index in [-0.39, 0.29) is 17.1 Å². The van der Waals surface area contributed by atoms with E-state index in [9.17, 15) is 4.79 Å². The van der Waals surface area contributed by atoms with Gasteiger partial charge in [-0.2, -0.15) is 0 Å². The molecule has 0 saturated heterocycles. The molecular formula is C27H40N6O. The lowest BCUT2D eigenvalue weighted by atomic mass is 9.89. The van der Waals surface area contributed by atoms with Gasteiger partial charge in [0.1, 0.15) is 0 Å². The van der Waals surface area contributed by atoms with Crippen LogP contribution in [0.1, 0.15) is 96.1 Å². The fourth-order valence-corrected chi connectivity index (χ4v) is 5.34. The average molecular weight is 465 g/mol. The highest BCUT2D eigenvalue weighted by Gasteiger charge is 2.37. The molecule has 7 heteroatoms. The normalized spacial score (nSPS) is 16.6. The van der Waals surface area contributed by atoms with Crippen LogP contribution < -0.4 is 5.56 Å². The Morgan fingerprint density at radius 3 is 2.59 bits per heavy atom. The van der Waals surface area contributed by atoms with Crippen molar-refractivity contribution in [1.29, 1.82) is 0 Å². The van der Waals surface area contributed by atoms with Crippen molar-refractivity contribution >= 4 is 10.9 Å². The summed E-state index contributed by atoms with van der Waals surface area (Å²) in [6, 6.07) is 8.68. The van der Waals surface area contributed by atoms with Gasteiger partial charge in [-0.1, -0.05) is 51.7 Å². The van der Waals surface area contributed by atoms with Gasteiger partial charge in [0.2, 0.25) is 0 Å². The van der Waals surface area contributed by atoms with Gasteiger partial charge in [0.25, 0.3) is 5.56 Å². The molecule has 1 aromatic carbocycles. The molecule has 2 aromatic heterocycles. The van der Waals surface area contributed by atoms with Crippen LogP contribution in [0.15, 0.2) is 29.1 Å². The summed E-state index contributed by atoms with van der Waals surface area (Å²) in [7, 11) is 0. The zero-order chi connectivity index (χ0) is 24.5. The number of pyridine rings is 1. The van der Waals surface area contributed by atoms with Gasteiger partial charge < -0.3 is 4.98 Å². The molecule has 0 amide bonds. The molecule has 0 radical (unpaired) electrons. The Hall–Kier alpha value is -2.54. The van der Waals surface area contributed by atoms with Crippen molar-refractivity contribution in [3.05, 3.63) is 51.6 Å². The first-order chi connectivity index (χ1) is 16.2. The highest BCUT2D eigenvalue weighted by Crippen LogP contribution is 2.36. The van der Waals surface area contributed by atoms with Gasteiger partial charge in [0, 0.05) is 23.7 Å². The quantitative estimate of drug-likeness (QED) is 0.476. The molecule has 1 aliphatic carbocycles. The Balaban J connectivity index is 1.80. The molecule has 1 fully saturated rings. The number of nitrogens with one attached hydrogen (secondary N) is 1. The van der Waals surface area contributed by atoms with Gasteiger partial charge in [-0.3, -0.25) is 9.69 Å². The fraction of sp³-hybridized carbons (Fsp3) is 0.630. The predicted octanol–water partition coefficient (Wildman–Crippen LogP) is 5.50. The minimum atomic E-state index is -0.178. The van der Waals surface area contributed by atoms with Crippen LogP contribution >= 0.6 is 0 Å². The minimum absolute atomic E-state index is 0.00634. The van der Waals surface area contributed by atoms with E-state index in [0.29, 0.717) is 18.5 Å². The van der Waals surface area contributed by atoms with Gasteiger partial charge in [0.15, 0.2) is 5.82 Å². The highest BCUT2D eigenvalue weighted by molar-refractivity contribution is 5.79. The summed E-state index contributed by atoms with van der Waals surface area (Å²) in [5, 5.41) is 14.2. The van der Waals surface area contributed by atoms with Gasteiger partial charge in [-0.15, -0.1) is 5.10 Å². The third-order valence-corrected chi connectivity index (χ3v) is 7.66. The molecule has 0 bridgehead atoms. The summed E-state index contributed by atoms with van der Waals surface area (Å²) in [5.41, 5.74) is 2.70. The molecule has 184 valence electrons. The van der Waals surface area contributed by atoms with Crippen LogP contribution in [0, 0.1) is 12.8 Å². The van der Waals surface area contributed by atoms with Crippen LogP contribution in [0.3, 0.4) is 0 Å². The van der Waals surface area contributed by atoms with Crippen LogP contribution in [0.4, 0.5) is 0 Å². The zero-order valence-electron chi connectivity index (χ0n) is 21.6. The second-order valence-electron chi connectivity index (χ2n) is 11.0. The van der Waals surface area contributed by atoms with Crippen molar-refractivity contribution in [2.45, 2.75) is 104 Å². The predicted molar refractivity (Wildman–Crippen MR) is 137 cm³/mol. The minimum Gasteiger partial charge on any atom is -0.322 e. The topological polar surface area (TPSA) is 79.7 Å². The number of hydrogen-bond donors (Lipinski definition) is 1. The van der Waals surface area contributed by atoms with E-state index < -0.39 is 0 Å². The van der Waals surface area contributed by atoms with E-state index in [4.69, 9.17) is 0 Å². The number of nitrogens with zero attached hydrogens (tertiary/aromatic N) is 5. The number of fused-ring (bicyclic) bond motifs is 1. The first kappa shape index (κ1) is 24.6. The third kappa shape index (κ3) is 4.95. The van der Waals surface area contributed by atoms with E-state index in [1.807, 2.05) is 16.8 Å². The summed E-state index contributed by atoms with van der Waals surface area (Å²) in [6.45, 7) is 13.7. The molecule has 0 aliphatic heterocycles. The second-order valence-corrected chi connectivity index (χ2v) is 11.0. The first-order valence-corrected chi connectivity index (χ1v) is 12.9. The molecule has 0 unspecified atom stereocenters. The van der Waals surface area contributed by atoms with Crippen molar-refractivity contribution in [2.75, 3.05) is 0 Å². The average Bonchev–Trinajstić information content (AvgIpc) is 3.30. The number of H-pyrrole nitrogens is 1. The van der Waals surface area contributed by atoms with Gasteiger partial charge in [-0.05, 0) is 80.0 Å². The summed E-state index contributed by atoms with van der Waals surface area (Å²) in [5.74, 6) is 1.20. The molecule has 7 nitrogen and oxygen atoms in total. The Bertz CT molecular complexity index is 1170. The number of rotatable bonds is 8. The maximum Gasteiger partial charge on any atom is 0.252 e. The van der Waals surface area contributed by atoms with Crippen LogP contribution in [0.5, 0.6) is 0 Å². The summed E-state index contributed by atoms with van der Waals surface area (Å²) >= 11 is 0. The maximum absolute atomic E-state index is 13.2. The lowest BCUT2D eigenvalue weighted by Crippen LogP contribution is -2.44. The Labute approximate surface area is 202 Å². The lowest BCUT2D eigenvalue weighted by molar-refractivity contribution is 0.0572. The van der Waals surface area contributed by atoms with Crippen LogP contribution in [-0.2, 0) is 12.1 Å². The Morgan fingerprint density at radius 2 is 1.91 bits per heavy atom. The smallest absolute Gasteiger partial charge is 0.252 e. The number of tetrazole rings is 1. The molecule has 4 rings (SSSR count). The lowest BCUT2D eigenvalue weighted by Gasteiger charge is -2.42. The molecule has 1 saturated carbocycles. The van der Waals surface area contributed by atoms with Crippen molar-refractivity contribution in [3.63, 3.8) is 0 Å². The molecule has 1 aliphatic rings. The van der Waals surface area contributed by atoms with Crippen LogP contribution in [-0.4, -0.2) is 36.1 Å². The van der Waals surface area contributed by atoms with E-state index in [1.54, 1.807) is 0 Å². The summed E-state index contributed by atoms with van der Waals surface area (Å²) in [6.07, 6.45) is 6.96. The second kappa shape index (κ2) is 9.98. The van der Waals surface area contributed by atoms with Gasteiger partial charge in [-0.25, -0.2) is 4.68 Å². The van der Waals surface area contributed by atoms with E-state index in [2.05, 4.69) is 79.1 Å². The van der Waals surface area contributed by atoms with Crippen LogP contribution in [0.25, 0.3) is 10.9 Å². The number of aryl methyl sites for hydroxylation is 1. The largest absolute Gasteiger partial charge is 0.322 e. The zero-order valence-corrected chi connectivity index (χ0v) is 21.6. The Kier molecular flexibility index (Phi) is 7.22. The van der Waals surface area contributed by atoms with Crippen molar-refractivity contribution in [3.8, 4) is 0 Å². The Morgan fingerprint density at radius 1 is 1.18 bits per heavy atom. The highest BCUT2D eigenvalue weighted by atomic mass is 16.1. The van der Waals surface area contributed by atoms with E-state index >= 15 is 0 Å². The number of hydrogen-bond acceptors (Lipinski definition) is 5. The number of aromatic amines is 1. The standard InChI is InChI=1S/C27H40N6O/c1-7-27(5,6)33-25(29-30-31-33)24(18(2)3)32(22-11-9-8-10-12-22)17-21-16-20-15-19(4)13-14-23(20)28-26(21)34/h13-16,18,22,24H,7-12,17H2,1-6H3,(H,28,34)/t24-/m0/s1. The van der Waals surface area contributed by atoms with E-state index in [0.717, 1.165) is 41.6 Å². The van der Waals surface area contributed by atoms with Gasteiger partial charge in [0.05, 0.1) is 11.6 Å². The number of aromatic nitrogens is 5. The van der Waals surface area contributed by atoms with E-state index in [1.165, 1.54) is 24.8 Å². The first-order valence-electron chi connectivity index (χ1n) is 12.9.